The van der Waals surface area contributed by atoms with Gasteiger partial charge in [-0.2, -0.15) is 5.10 Å². The minimum atomic E-state index is -0.314. The number of nitrogens with zero attached hydrogens (tertiary/aromatic N) is 2. The van der Waals surface area contributed by atoms with E-state index in [1.54, 1.807) is 29.1 Å². The number of amides is 1. The van der Waals surface area contributed by atoms with Crippen molar-refractivity contribution in [3.63, 3.8) is 0 Å². The lowest BCUT2D eigenvalue weighted by molar-refractivity contribution is -0.115. The summed E-state index contributed by atoms with van der Waals surface area (Å²) in [5.41, 5.74) is 1.82. The van der Waals surface area contributed by atoms with Crippen LogP contribution < -0.4 is 5.32 Å². The Balaban J connectivity index is 1.68. The Kier molecular flexibility index (Phi) is 5.05. The summed E-state index contributed by atoms with van der Waals surface area (Å²) >= 11 is 3.51. The summed E-state index contributed by atoms with van der Waals surface area (Å²) < 4.78 is 15.6. The van der Waals surface area contributed by atoms with Crippen molar-refractivity contribution in [1.29, 1.82) is 0 Å². The maximum Gasteiger partial charge on any atom is 0.229 e. The molecule has 0 fully saturated rings. The Morgan fingerprint density at radius 3 is 2.62 bits per heavy atom. The quantitative estimate of drug-likeness (QED) is 0.718. The first kappa shape index (κ1) is 16.4. The maximum atomic E-state index is 12.9. The van der Waals surface area contributed by atoms with Crippen LogP contribution in [0, 0.1) is 5.82 Å². The summed E-state index contributed by atoms with van der Waals surface area (Å²) in [4.78, 5) is 12.2. The maximum absolute atomic E-state index is 12.9. The van der Waals surface area contributed by atoms with E-state index in [4.69, 9.17) is 0 Å². The van der Waals surface area contributed by atoms with E-state index in [1.165, 1.54) is 12.1 Å². The highest BCUT2D eigenvalue weighted by Gasteiger charge is 2.10. The van der Waals surface area contributed by atoms with Gasteiger partial charge in [0.15, 0.2) is 0 Å². The first-order valence-electron chi connectivity index (χ1n) is 7.41. The number of carbonyl (C=O) groups excluding carboxylic acids is 1. The fraction of sp³-hybridized carbons (Fsp3) is 0.111. The van der Waals surface area contributed by atoms with Gasteiger partial charge in [-0.3, -0.25) is 4.79 Å². The van der Waals surface area contributed by atoms with Gasteiger partial charge in [-0.1, -0.05) is 46.3 Å². The summed E-state index contributed by atoms with van der Waals surface area (Å²) in [7, 11) is 0. The van der Waals surface area contributed by atoms with Gasteiger partial charge in [-0.15, -0.1) is 0 Å². The molecule has 1 N–H and O–H groups in total. The molecule has 24 heavy (non-hydrogen) atoms. The van der Waals surface area contributed by atoms with Gasteiger partial charge in [0.2, 0.25) is 5.91 Å². The number of benzene rings is 2. The summed E-state index contributed by atoms with van der Waals surface area (Å²) in [6, 6.07) is 15.5. The molecule has 1 heterocycles. The van der Waals surface area contributed by atoms with Crippen molar-refractivity contribution in [2.75, 3.05) is 5.32 Å². The van der Waals surface area contributed by atoms with Crippen molar-refractivity contribution < 1.29 is 9.18 Å². The predicted octanol–water partition coefficient (Wildman–Crippen LogP) is 4.01. The molecule has 4 nitrogen and oxygen atoms in total. The van der Waals surface area contributed by atoms with E-state index in [-0.39, 0.29) is 18.1 Å². The van der Waals surface area contributed by atoms with Crippen molar-refractivity contribution in [3.05, 3.63) is 82.2 Å². The van der Waals surface area contributed by atoms with Crippen LogP contribution in [0.1, 0.15) is 11.1 Å². The highest BCUT2D eigenvalue weighted by molar-refractivity contribution is 9.10. The third-order valence-corrected chi connectivity index (χ3v) is 4.31. The molecule has 0 aliphatic heterocycles. The van der Waals surface area contributed by atoms with Crippen molar-refractivity contribution in [2.24, 2.45) is 0 Å². The van der Waals surface area contributed by atoms with Crippen LogP contribution in [0.3, 0.4) is 0 Å². The standard InChI is InChI=1S/C18H15BrFN3O/c19-16-4-2-1-3-14(16)12-23-17(9-10-21-23)22-18(24)11-13-5-7-15(20)8-6-13/h1-10H,11-12H2,(H,22,24). The topological polar surface area (TPSA) is 46.9 Å². The molecule has 0 spiro atoms. The van der Waals surface area contributed by atoms with Crippen molar-refractivity contribution in [1.82, 2.24) is 9.78 Å². The molecule has 3 aromatic rings. The van der Waals surface area contributed by atoms with E-state index in [0.29, 0.717) is 12.4 Å². The lowest BCUT2D eigenvalue weighted by atomic mass is 10.1. The fourth-order valence-electron chi connectivity index (χ4n) is 2.33. The zero-order valence-electron chi connectivity index (χ0n) is 12.7. The molecule has 122 valence electrons. The lowest BCUT2D eigenvalue weighted by Crippen LogP contribution is -2.18. The van der Waals surface area contributed by atoms with Crippen LogP contribution in [-0.2, 0) is 17.8 Å². The van der Waals surface area contributed by atoms with Crippen molar-refractivity contribution in [2.45, 2.75) is 13.0 Å². The monoisotopic (exact) mass is 387 g/mol. The van der Waals surface area contributed by atoms with Crippen molar-refractivity contribution in [3.8, 4) is 0 Å². The number of anilines is 1. The third-order valence-electron chi connectivity index (χ3n) is 3.54. The lowest BCUT2D eigenvalue weighted by Gasteiger charge is -2.10. The molecule has 0 atom stereocenters. The number of hydrogen-bond donors (Lipinski definition) is 1. The zero-order valence-corrected chi connectivity index (χ0v) is 14.3. The average molecular weight is 388 g/mol. The van der Waals surface area contributed by atoms with Crippen molar-refractivity contribution >= 4 is 27.7 Å². The van der Waals surface area contributed by atoms with Crippen LogP contribution in [-0.4, -0.2) is 15.7 Å². The van der Waals surface area contributed by atoms with Gasteiger partial charge in [0, 0.05) is 10.5 Å². The molecule has 3 rings (SSSR count). The minimum Gasteiger partial charge on any atom is -0.311 e. The largest absolute Gasteiger partial charge is 0.311 e. The normalized spacial score (nSPS) is 10.6. The van der Waals surface area contributed by atoms with E-state index >= 15 is 0 Å². The molecule has 2 aromatic carbocycles. The van der Waals surface area contributed by atoms with E-state index < -0.39 is 0 Å². The SMILES string of the molecule is O=C(Cc1ccc(F)cc1)Nc1ccnn1Cc1ccccc1Br. The smallest absolute Gasteiger partial charge is 0.229 e. The van der Waals surface area contributed by atoms with E-state index in [9.17, 15) is 9.18 Å². The molecule has 0 aliphatic rings. The number of hydrogen-bond acceptors (Lipinski definition) is 2. The van der Waals surface area contributed by atoms with E-state index in [0.717, 1.165) is 15.6 Å². The molecular formula is C18H15BrFN3O. The highest BCUT2D eigenvalue weighted by atomic mass is 79.9. The molecule has 1 aromatic heterocycles. The summed E-state index contributed by atoms with van der Waals surface area (Å²) in [6.45, 7) is 0.542. The fourth-order valence-corrected chi connectivity index (χ4v) is 2.74. The molecule has 0 bridgehead atoms. The Morgan fingerprint density at radius 1 is 1.12 bits per heavy atom. The van der Waals surface area contributed by atoms with Crippen LogP contribution in [0.5, 0.6) is 0 Å². The van der Waals surface area contributed by atoms with Gasteiger partial charge in [0.05, 0.1) is 19.2 Å². The Labute approximate surface area is 147 Å². The predicted molar refractivity (Wildman–Crippen MR) is 94.2 cm³/mol. The number of carbonyl (C=O) groups is 1. The molecular weight excluding hydrogens is 373 g/mol. The summed E-state index contributed by atoms with van der Waals surface area (Å²) in [5, 5.41) is 7.10. The van der Waals surface area contributed by atoms with Crippen LogP contribution in [0.2, 0.25) is 0 Å². The highest BCUT2D eigenvalue weighted by Crippen LogP contribution is 2.19. The Bertz CT molecular complexity index is 845. The zero-order chi connectivity index (χ0) is 16.9. The van der Waals surface area contributed by atoms with E-state index in [1.807, 2.05) is 24.3 Å². The minimum absolute atomic E-state index is 0.171. The second kappa shape index (κ2) is 7.40. The third kappa shape index (κ3) is 4.08. The first-order valence-corrected chi connectivity index (χ1v) is 8.20. The van der Waals surface area contributed by atoms with Gasteiger partial charge in [-0.05, 0) is 29.3 Å². The molecule has 1 amide bonds. The second-order valence-electron chi connectivity index (χ2n) is 5.32. The first-order chi connectivity index (χ1) is 11.6. The second-order valence-corrected chi connectivity index (χ2v) is 6.17. The molecule has 0 saturated carbocycles. The number of aromatic nitrogens is 2. The average Bonchev–Trinajstić information content (AvgIpc) is 2.99. The van der Waals surface area contributed by atoms with Gasteiger partial charge < -0.3 is 5.32 Å². The van der Waals surface area contributed by atoms with E-state index in [2.05, 4.69) is 26.3 Å². The van der Waals surface area contributed by atoms with Gasteiger partial charge >= 0.3 is 0 Å². The number of halogens is 2. The van der Waals surface area contributed by atoms with Crippen LogP contribution in [0.25, 0.3) is 0 Å². The summed E-state index contributed by atoms with van der Waals surface area (Å²) in [5.74, 6) is 0.138. The van der Waals surface area contributed by atoms with Crippen LogP contribution in [0.4, 0.5) is 10.2 Å². The molecule has 6 heteroatoms. The van der Waals surface area contributed by atoms with Gasteiger partial charge in [0.25, 0.3) is 0 Å². The number of rotatable bonds is 5. The molecule has 0 unspecified atom stereocenters. The number of nitrogens with one attached hydrogen (secondary N) is 1. The Hall–Kier alpha value is -2.47. The molecule has 0 aliphatic carbocycles. The molecule has 0 radical (unpaired) electrons. The van der Waals surface area contributed by atoms with Crippen LogP contribution in [0.15, 0.2) is 65.3 Å². The molecule has 0 saturated heterocycles. The van der Waals surface area contributed by atoms with Crippen LogP contribution >= 0.6 is 15.9 Å². The Morgan fingerprint density at radius 2 is 1.88 bits per heavy atom. The summed E-state index contributed by atoms with van der Waals surface area (Å²) in [6.07, 6.45) is 1.82. The van der Waals surface area contributed by atoms with Gasteiger partial charge in [-0.25, -0.2) is 9.07 Å². The van der Waals surface area contributed by atoms with Gasteiger partial charge in [0.1, 0.15) is 11.6 Å².